The molecule has 30 heavy (non-hydrogen) atoms. The summed E-state index contributed by atoms with van der Waals surface area (Å²) in [4.78, 5) is 24.3. The van der Waals surface area contributed by atoms with Gasteiger partial charge in [-0.05, 0) is 56.0 Å². The maximum absolute atomic E-state index is 12.6. The number of aryl methyl sites for hydroxylation is 1. The lowest BCUT2D eigenvalue weighted by Gasteiger charge is -2.22. The van der Waals surface area contributed by atoms with Gasteiger partial charge in [0.15, 0.2) is 11.2 Å². The third-order valence-electron chi connectivity index (χ3n) is 5.27. The molecule has 2 aromatic heterocycles. The van der Waals surface area contributed by atoms with Gasteiger partial charge in [0.25, 0.3) is 5.56 Å². The quantitative estimate of drug-likeness (QED) is 0.462. The molecule has 6 nitrogen and oxygen atoms in total. The maximum atomic E-state index is 12.6. The number of nitrogens with zero attached hydrogens (tertiary/aromatic N) is 3. The van der Waals surface area contributed by atoms with Crippen LogP contribution in [0.4, 0.5) is 0 Å². The Kier molecular flexibility index (Phi) is 5.97. The average Bonchev–Trinajstić information content (AvgIpc) is 3.16. The minimum absolute atomic E-state index is 0.230. The van der Waals surface area contributed by atoms with Crippen molar-refractivity contribution in [1.29, 1.82) is 0 Å². The summed E-state index contributed by atoms with van der Waals surface area (Å²) in [6, 6.07) is 17.1. The highest BCUT2D eigenvalue weighted by molar-refractivity contribution is 6.30. The third-order valence-corrected chi connectivity index (χ3v) is 5.52. The summed E-state index contributed by atoms with van der Waals surface area (Å²) in [7, 11) is 0. The molecule has 0 aliphatic heterocycles. The number of hydrogen-bond acceptors (Lipinski definition) is 4. The van der Waals surface area contributed by atoms with Crippen LogP contribution in [0.5, 0.6) is 0 Å². The van der Waals surface area contributed by atoms with Gasteiger partial charge in [-0.3, -0.25) is 4.79 Å². The molecule has 2 atom stereocenters. The Balaban J connectivity index is 1.65. The van der Waals surface area contributed by atoms with Gasteiger partial charge < -0.3 is 14.7 Å². The molecule has 2 N–H and O–H groups in total. The molecule has 7 heteroatoms. The van der Waals surface area contributed by atoms with Crippen LogP contribution in [0.15, 0.2) is 65.7 Å². The number of hydrogen-bond donors (Lipinski definition) is 2. The number of H-pyrrole nitrogens is 1. The summed E-state index contributed by atoms with van der Waals surface area (Å²) in [5.74, 6) is 0.444. The Morgan fingerprint density at radius 3 is 2.57 bits per heavy atom. The topological polar surface area (TPSA) is 83.8 Å². The number of imidazole rings is 1. The van der Waals surface area contributed by atoms with E-state index in [-0.39, 0.29) is 17.1 Å². The number of rotatable bonds is 7. The predicted molar refractivity (Wildman–Crippen MR) is 119 cm³/mol. The Bertz CT molecular complexity index is 1180. The van der Waals surface area contributed by atoms with Crippen LogP contribution in [0.2, 0.25) is 5.02 Å². The Morgan fingerprint density at radius 2 is 1.87 bits per heavy atom. The number of aromatic nitrogens is 4. The van der Waals surface area contributed by atoms with E-state index in [4.69, 9.17) is 11.6 Å². The zero-order chi connectivity index (χ0) is 21.1. The molecule has 0 spiro atoms. The molecule has 0 aliphatic carbocycles. The first-order chi connectivity index (χ1) is 14.5. The minimum atomic E-state index is -0.613. The second kappa shape index (κ2) is 8.81. The van der Waals surface area contributed by atoms with Crippen molar-refractivity contribution >= 4 is 22.8 Å². The van der Waals surface area contributed by atoms with Gasteiger partial charge in [-0.2, -0.15) is 0 Å². The van der Waals surface area contributed by atoms with Crippen molar-refractivity contribution in [3.63, 3.8) is 0 Å². The zero-order valence-corrected chi connectivity index (χ0v) is 17.4. The first-order valence-electron chi connectivity index (χ1n) is 9.97. The van der Waals surface area contributed by atoms with Gasteiger partial charge in [0.2, 0.25) is 0 Å². The summed E-state index contributed by atoms with van der Waals surface area (Å²) in [5, 5.41) is 11.1. The van der Waals surface area contributed by atoms with Crippen LogP contribution >= 0.6 is 11.6 Å². The van der Waals surface area contributed by atoms with Gasteiger partial charge in [0, 0.05) is 10.6 Å². The smallest absolute Gasteiger partial charge is 0.279 e. The molecule has 0 amide bonds. The molecule has 0 saturated carbocycles. The lowest BCUT2D eigenvalue weighted by atomic mass is 10.0. The van der Waals surface area contributed by atoms with Gasteiger partial charge in [-0.15, -0.1) is 0 Å². The highest BCUT2D eigenvalue weighted by atomic mass is 35.5. The van der Waals surface area contributed by atoms with Crippen molar-refractivity contribution in [2.75, 3.05) is 0 Å². The lowest BCUT2D eigenvalue weighted by Crippen LogP contribution is -2.22. The fourth-order valence-corrected chi connectivity index (χ4v) is 3.81. The number of benzene rings is 2. The van der Waals surface area contributed by atoms with Crippen molar-refractivity contribution < 1.29 is 5.11 Å². The van der Waals surface area contributed by atoms with Crippen LogP contribution in [-0.4, -0.2) is 30.7 Å². The Morgan fingerprint density at radius 1 is 1.13 bits per heavy atom. The Hall–Kier alpha value is -2.96. The van der Waals surface area contributed by atoms with E-state index in [0.717, 1.165) is 24.8 Å². The highest BCUT2D eigenvalue weighted by Gasteiger charge is 2.21. The molecule has 2 aromatic carbocycles. The lowest BCUT2D eigenvalue weighted by molar-refractivity contribution is 0.125. The average molecular weight is 423 g/mol. The molecule has 0 aliphatic rings. The van der Waals surface area contributed by atoms with Crippen LogP contribution in [0.1, 0.15) is 31.4 Å². The molecule has 0 fully saturated rings. The summed E-state index contributed by atoms with van der Waals surface area (Å²) >= 11 is 5.97. The molecule has 0 radical (unpaired) electrons. The van der Waals surface area contributed by atoms with E-state index in [9.17, 15) is 9.90 Å². The SMILES string of the molecule is CC(O)C(CCCc1ccccc1)n1cnc2c(=O)[nH]c(-c3ccc(Cl)cc3)nc21. The second-order valence-electron chi connectivity index (χ2n) is 7.43. The van der Waals surface area contributed by atoms with Gasteiger partial charge in [-0.25, -0.2) is 9.97 Å². The Labute approximate surface area is 179 Å². The fraction of sp³-hybridized carbons (Fsp3) is 0.261. The van der Waals surface area contributed by atoms with Crippen LogP contribution in [0.25, 0.3) is 22.6 Å². The molecular weight excluding hydrogens is 400 g/mol. The summed E-state index contributed by atoms with van der Waals surface area (Å²) in [6.45, 7) is 1.76. The molecule has 154 valence electrons. The largest absolute Gasteiger partial charge is 0.391 e. The van der Waals surface area contributed by atoms with Crippen LogP contribution in [-0.2, 0) is 6.42 Å². The number of nitrogens with one attached hydrogen (secondary N) is 1. The number of fused-ring (bicyclic) bond motifs is 1. The molecule has 4 aromatic rings. The molecule has 4 rings (SSSR count). The van der Waals surface area contributed by atoms with E-state index in [1.165, 1.54) is 5.56 Å². The number of halogens is 1. The highest BCUT2D eigenvalue weighted by Crippen LogP contribution is 2.25. The van der Waals surface area contributed by atoms with Crippen molar-refractivity contribution in [1.82, 2.24) is 19.5 Å². The van der Waals surface area contributed by atoms with Crippen molar-refractivity contribution in [3.05, 3.63) is 81.9 Å². The zero-order valence-electron chi connectivity index (χ0n) is 16.6. The van der Waals surface area contributed by atoms with Crippen LogP contribution in [0, 0.1) is 0 Å². The van der Waals surface area contributed by atoms with E-state index < -0.39 is 6.10 Å². The van der Waals surface area contributed by atoms with E-state index in [1.807, 2.05) is 22.8 Å². The minimum Gasteiger partial charge on any atom is -0.391 e. The standard InChI is InChI=1S/C23H23ClN4O2/c1-15(29)19(9-5-8-16-6-3-2-4-7-16)28-14-25-20-22(28)26-21(27-23(20)30)17-10-12-18(24)13-11-17/h2-4,6-7,10-15,19,29H,5,8-9H2,1H3,(H,26,27,30). The first kappa shape index (κ1) is 20.3. The molecule has 2 heterocycles. The fourth-order valence-electron chi connectivity index (χ4n) is 3.69. The van der Waals surface area contributed by atoms with Crippen molar-refractivity contribution in [3.8, 4) is 11.4 Å². The van der Waals surface area contributed by atoms with Gasteiger partial charge >= 0.3 is 0 Å². The van der Waals surface area contributed by atoms with E-state index in [1.54, 1.807) is 37.5 Å². The van der Waals surface area contributed by atoms with Gasteiger partial charge in [0.05, 0.1) is 18.5 Å². The summed E-state index contributed by atoms with van der Waals surface area (Å²) in [5.41, 5.74) is 2.44. The number of aliphatic hydroxyl groups is 1. The predicted octanol–water partition coefficient (Wildman–Crippen LogP) is 4.38. The third kappa shape index (κ3) is 4.30. The first-order valence-corrected chi connectivity index (χ1v) is 10.4. The van der Waals surface area contributed by atoms with E-state index in [2.05, 4.69) is 27.1 Å². The molecule has 0 saturated heterocycles. The van der Waals surface area contributed by atoms with Crippen molar-refractivity contribution in [2.45, 2.75) is 38.3 Å². The maximum Gasteiger partial charge on any atom is 0.279 e. The van der Waals surface area contributed by atoms with Crippen LogP contribution in [0.3, 0.4) is 0 Å². The number of aromatic amines is 1. The van der Waals surface area contributed by atoms with Crippen molar-refractivity contribution in [2.24, 2.45) is 0 Å². The number of aliphatic hydroxyl groups excluding tert-OH is 1. The molecule has 0 bridgehead atoms. The van der Waals surface area contributed by atoms with E-state index >= 15 is 0 Å². The second-order valence-corrected chi connectivity index (χ2v) is 7.87. The summed E-state index contributed by atoms with van der Waals surface area (Å²) < 4.78 is 1.82. The monoisotopic (exact) mass is 422 g/mol. The molecule has 2 unspecified atom stereocenters. The van der Waals surface area contributed by atoms with Crippen LogP contribution < -0.4 is 5.56 Å². The summed E-state index contributed by atoms with van der Waals surface area (Å²) in [6.07, 6.45) is 3.53. The molecular formula is C23H23ClN4O2. The normalized spacial score (nSPS) is 13.4. The van der Waals surface area contributed by atoms with E-state index in [0.29, 0.717) is 16.5 Å². The van der Waals surface area contributed by atoms with Gasteiger partial charge in [-0.1, -0.05) is 41.9 Å². The van der Waals surface area contributed by atoms with Gasteiger partial charge in [0.1, 0.15) is 5.82 Å².